The molecule has 0 saturated carbocycles. The summed E-state index contributed by atoms with van der Waals surface area (Å²) in [6.07, 6.45) is 2.40. The number of likely N-dealkylation sites (N-methyl/N-ethyl adjacent to an activating group) is 1. The standard InChI is InChI=1S/C28H27F3N4O2/c1-19-26(20-7-5-8-21(29)17-20)27(36)34(16-15-33(2)14-12-22-9-3-4-13-32-22)28(37)35(19)18-23-24(30)10-6-11-25(23)31/h3-11,13,17H,12,14-16,18H2,1-2H3. The molecule has 4 rings (SSSR count). The number of hydrogen-bond donors (Lipinski definition) is 0. The van der Waals surface area contributed by atoms with Gasteiger partial charge in [0, 0.05) is 49.2 Å². The molecular weight excluding hydrogens is 481 g/mol. The summed E-state index contributed by atoms with van der Waals surface area (Å²) in [5, 5.41) is 0. The van der Waals surface area contributed by atoms with Crippen LogP contribution in [0.2, 0.25) is 0 Å². The molecule has 9 heteroatoms. The van der Waals surface area contributed by atoms with Gasteiger partial charge in [-0.3, -0.25) is 18.9 Å². The van der Waals surface area contributed by atoms with Crippen molar-refractivity contribution in [2.75, 3.05) is 20.1 Å². The van der Waals surface area contributed by atoms with Crippen molar-refractivity contribution < 1.29 is 13.2 Å². The lowest BCUT2D eigenvalue weighted by molar-refractivity contribution is 0.315. The summed E-state index contributed by atoms with van der Waals surface area (Å²) in [6, 6.07) is 14.6. The monoisotopic (exact) mass is 508 g/mol. The van der Waals surface area contributed by atoms with Crippen molar-refractivity contribution in [3.63, 3.8) is 0 Å². The molecule has 2 aromatic carbocycles. The fourth-order valence-electron chi connectivity index (χ4n) is 4.24. The van der Waals surface area contributed by atoms with E-state index < -0.39 is 35.2 Å². The average Bonchev–Trinajstić information content (AvgIpc) is 2.87. The van der Waals surface area contributed by atoms with Crippen molar-refractivity contribution in [3.05, 3.63) is 122 Å². The van der Waals surface area contributed by atoms with E-state index in [1.807, 2.05) is 30.1 Å². The first-order valence-electron chi connectivity index (χ1n) is 11.9. The molecule has 0 aliphatic heterocycles. The molecule has 0 spiro atoms. The highest BCUT2D eigenvalue weighted by atomic mass is 19.1. The van der Waals surface area contributed by atoms with Gasteiger partial charge in [0.15, 0.2) is 0 Å². The van der Waals surface area contributed by atoms with Crippen molar-refractivity contribution in [1.29, 1.82) is 0 Å². The summed E-state index contributed by atoms with van der Waals surface area (Å²) in [7, 11) is 1.86. The molecule has 0 aliphatic carbocycles. The number of benzene rings is 2. The van der Waals surface area contributed by atoms with Gasteiger partial charge in [0.05, 0.1) is 12.1 Å². The van der Waals surface area contributed by atoms with E-state index >= 15 is 0 Å². The number of hydrogen-bond acceptors (Lipinski definition) is 4. The Morgan fingerprint density at radius 1 is 0.892 bits per heavy atom. The van der Waals surface area contributed by atoms with E-state index in [2.05, 4.69) is 4.98 Å². The zero-order chi connectivity index (χ0) is 26.5. The summed E-state index contributed by atoms with van der Waals surface area (Å²) in [5.41, 5.74) is -0.0718. The summed E-state index contributed by atoms with van der Waals surface area (Å²) >= 11 is 0. The lowest BCUT2D eigenvalue weighted by atomic mass is 10.0. The molecule has 0 atom stereocenters. The first-order chi connectivity index (χ1) is 17.8. The smallest absolute Gasteiger partial charge is 0.304 e. The largest absolute Gasteiger partial charge is 0.331 e. The molecule has 0 N–H and O–H groups in total. The molecule has 192 valence electrons. The van der Waals surface area contributed by atoms with Crippen LogP contribution >= 0.6 is 0 Å². The Morgan fingerprint density at radius 2 is 1.62 bits per heavy atom. The summed E-state index contributed by atoms with van der Waals surface area (Å²) < 4.78 is 45.1. The first kappa shape index (κ1) is 26.1. The molecule has 0 saturated heterocycles. The molecule has 0 amide bonds. The maximum absolute atomic E-state index is 14.4. The third-order valence-electron chi connectivity index (χ3n) is 6.36. The topological polar surface area (TPSA) is 60.1 Å². The second kappa shape index (κ2) is 11.4. The SMILES string of the molecule is Cc1c(-c2cccc(F)c2)c(=O)n(CCN(C)CCc2ccccn2)c(=O)n1Cc1c(F)cccc1F. The van der Waals surface area contributed by atoms with Gasteiger partial charge in [0.25, 0.3) is 5.56 Å². The van der Waals surface area contributed by atoms with Crippen LogP contribution in [0.1, 0.15) is 17.0 Å². The van der Waals surface area contributed by atoms with E-state index in [1.165, 1.54) is 31.2 Å². The number of pyridine rings is 1. The van der Waals surface area contributed by atoms with Crippen molar-refractivity contribution in [1.82, 2.24) is 19.0 Å². The minimum absolute atomic E-state index is 0.0404. The molecule has 0 unspecified atom stereocenters. The number of halogens is 3. The maximum atomic E-state index is 14.4. The van der Waals surface area contributed by atoms with Crippen molar-refractivity contribution in [3.8, 4) is 11.1 Å². The predicted octanol–water partition coefficient (Wildman–Crippen LogP) is 4.02. The fraction of sp³-hybridized carbons (Fsp3) is 0.250. The molecule has 2 heterocycles. The van der Waals surface area contributed by atoms with Crippen LogP contribution in [-0.4, -0.2) is 39.2 Å². The minimum Gasteiger partial charge on any atom is -0.304 e. The van der Waals surface area contributed by atoms with Gasteiger partial charge in [0.1, 0.15) is 17.5 Å². The lowest BCUT2D eigenvalue weighted by Gasteiger charge is -2.20. The Bertz CT molecular complexity index is 1500. The number of rotatable bonds is 9. The molecule has 0 fully saturated rings. The third kappa shape index (κ3) is 5.89. The molecule has 2 aromatic heterocycles. The van der Waals surface area contributed by atoms with Gasteiger partial charge in [-0.15, -0.1) is 0 Å². The van der Waals surface area contributed by atoms with Gasteiger partial charge >= 0.3 is 5.69 Å². The highest BCUT2D eigenvalue weighted by molar-refractivity contribution is 5.65. The van der Waals surface area contributed by atoms with Gasteiger partial charge < -0.3 is 4.90 Å². The van der Waals surface area contributed by atoms with Gasteiger partial charge in [-0.2, -0.15) is 0 Å². The van der Waals surface area contributed by atoms with Crippen LogP contribution in [0.15, 0.2) is 76.4 Å². The molecule has 0 aliphatic rings. The number of nitrogens with zero attached hydrogens (tertiary/aromatic N) is 4. The quantitative estimate of drug-likeness (QED) is 0.343. The summed E-state index contributed by atoms with van der Waals surface area (Å²) in [6.45, 7) is 2.15. The maximum Gasteiger partial charge on any atom is 0.331 e. The zero-order valence-corrected chi connectivity index (χ0v) is 20.6. The average molecular weight is 509 g/mol. The Balaban J connectivity index is 1.72. The van der Waals surface area contributed by atoms with Gasteiger partial charge in [-0.05, 0) is 55.9 Å². The van der Waals surface area contributed by atoms with Crippen LogP contribution < -0.4 is 11.2 Å². The molecular formula is C28H27F3N4O2. The van der Waals surface area contributed by atoms with E-state index in [1.54, 1.807) is 12.3 Å². The lowest BCUT2D eigenvalue weighted by Crippen LogP contribution is -2.44. The highest BCUT2D eigenvalue weighted by Crippen LogP contribution is 2.21. The van der Waals surface area contributed by atoms with Gasteiger partial charge in [-0.1, -0.05) is 24.3 Å². The van der Waals surface area contributed by atoms with Crippen molar-refractivity contribution in [2.45, 2.75) is 26.4 Å². The molecule has 0 bridgehead atoms. The Hall–Kier alpha value is -3.98. The van der Waals surface area contributed by atoms with Crippen LogP contribution in [0.25, 0.3) is 11.1 Å². The highest BCUT2D eigenvalue weighted by Gasteiger charge is 2.20. The minimum atomic E-state index is -0.800. The van der Waals surface area contributed by atoms with Crippen LogP contribution in [-0.2, 0) is 19.5 Å². The Morgan fingerprint density at radius 3 is 2.30 bits per heavy atom. The number of aromatic nitrogens is 3. The summed E-state index contributed by atoms with van der Waals surface area (Å²) in [5.74, 6) is -2.15. The summed E-state index contributed by atoms with van der Waals surface area (Å²) in [4.78, 5) is 33.2. The van der Waals surface area contributed by atoms with Crippen molar-refractivity contribution in [2.24, 2.45) is 0 Å². The van der Waals surface area contributed by atoms with E-state index in [0.29, 0.717) is 19.5 Å². The van der Waals surface area contributed by atoms with E-state index in [0.717, 1.165) is 27.0 Å². The molecule has 0 radical (unpaired) electrons. The van der Waals surface area contributed by atoms with Crippen LogP contribution in [0.3, 0.4) is 0 Å². The van der Waals surface area contributed by atoms with Crippen LogP contribution in [0.4, 0.5) is 13.2 Å². The van der Waals surface area contributed by atoms with Gasteiger partial charge in [0.2, 0.25) is 0 Å². The molecule has 37 heavy (non-hydrogen) atoms. The molecule has 4 aromatic rings. The van der Waals surface area contributed by atoms with Crippen LogP contribution in [0, 0.1) is 24.4 Å². The second-order valence-corrected chi connectivity index (χ2v) is 8.87. The van der Waals surface area contributed by atoms with Crippen molar-refractivity contribution >= 4 is 0 Å². The Labute approximate surface area is 212 Å². The third-order valence-corrected chi connectivity index (χ3v) is 6.36. The first-order valence-corrected chi connectivity index (χ1v) is 11.9. The fourth-order valence-corrected chi connectivity index (χ4v) is 4.24. The second-order valence-electron chi connectivity index (χ2n) is 8.87. The Kier molecular flexibility index (Phi) is 8.03. The van der Waals surface area contributed by atoms with E-state index in [-0.39, 0.29) is 28.9 Å². The van der Waals surface area contributed by atoms with E-state index in [9.17, 15) is 22.8 Å². The zero-order valence-electron chi connectivity index (χ0n) is 20.6. The van der Waals surface area contributed by atoms with Gasteiger partial charge in [-0.25, -0.2) is 18.0 Å². The predicted molar refractivity (Wildman–Crippen MR) is 136 cm³/mol. The van der Waals surface area contributed by atoms with Crippen LogP contribution in [0.5, 0.6) is 0 Å². The molecule has 6 nitrogen and oxygen atoms in total. The van der Waals surface area contributed by atoms with E-state index in [4.69, 9.17) is 0 Å². The normalized spacial score (nSPS) is 11.3.